The van der Waals surface area contributed by atoms with Gasteiger partial charge in [0.15, 0.2) is 5.41 Å². The zero-order valence-electron chi connectivity index (χ0n) is 14.2. The molecule has 1 aromatic carbocycles. The van der Waals surface area contributed by atoms with Gasteiger partial charge in [0.1, 0.15) is 5.75 Å². The van der Waals surface area contributed by atoms with Gasteiger partial charge in [0.2, 0.25) is 0 Å². The summed E-state index contributed by atoms with van der Waals surface area (Å²) in [5.41, 5.74) is -1.25. The average molecular weight is 322 g/mol. The van der Waals surface area contributed by atoms with Gasteiger partial charge in [-0.3, -0.25) is 9.59 Å². The van der Waals surface area contributed by atoms with Crippen LogP contribution >= 0.6 is 0 Å². The monoisotopic (exact) mass is 322 g/mol. The number of hydrogen-bond acceptors (Lipinski definition) is 5. The fraction of sp³-hybridized carbons (Fsp3) is 0.556. The molecule has 5 heteroatoms. The van der Waals surface area contributed by atoms with Gasteiger partial charge in [-0.1, -0.05) is 18.2 Å². The first-order valence-electron chi connectivity index (χ1n) is 8.07. The molecule has 1 aromatic rings. The number of ether oxygens (including phenoxy) is 3. The average Bonchev–Trinajstić information content (AvgIpc) is 2.55. The van der Waals surface area contributed by atoms with Crippen LogP contribution in [0.5, 0.6) is 5.75 Å². The molecule has 0 aliphatic rings. The van der Waals surface area contributed by atoms with E-state index in [2.05, 4.69) is 0 Å². The van der Waals surface area contributed by atoms with Crippen molar-refractivity contribution in [2.24, 2.45) is 5.41 Å². The number of carbonyl (C=O) groups excluding carboxylic acids is 2. The number of unbranched alkanes of at least 4 members (excludes halogenated alkanes) is 1. The van der Waals surface area contributed by atoms with E-state index in [9.17, 15) is 9.59 Å². The largest absolute Gasteiger partial charge is 0.494 e. The van der Waals surface area contributed by atoms with Crippen molar-refractivity contribution < 1.29 is 23.8 Å². The van der Waals surface area contributed by atoms with Crippen molar-refractivity contribution in [2.75, 3.05) is 19.8 Å². The molecule has 0 heterocycles. The highest BCUT2D eigenvalue weighted by Crippen LogP contribution is 2.28. The first-order valence-corrected chi connectivity index (χ1v) is 8.07. The summed E-state index contributed by atoms with van der Waals surface area (Å²) in [6, 6.07) is 9.53. The Morgan fingerprint density at radius 1 is 0.957 bits per heavy atom. The predicted molar refractivity (Wildman–Crippen MR) is 87.2 cm³/mol. The van der Waals surface area contributed by atoms with Gasteiger partial charge < -0.3 is 14.2 Å². The predicted octanol–water partition coefficient (Wildman–Crippen LogP) is 3.37. The molecule has 0 aromatic heterocycles. The van der Waals surface area contributed by atoms with Gasteiger partial charge in [0.05, 0.1) is 19.8 Å². The first kappa shape index (κ1) is 19.0. The summed E-state index contributed by atoms with van der Waals surface area (Å²) < 4.78 is 15.7. The zero-order chi connectivity index (χ0) is 17.1. The third-order valence-electron chi connectivity index (χ3n) is 3.53. The normalized spacial score (nSPS) is 10.9. The van der Waals surface area contributed by atoms with Crippen LogP contribution in [0.4, 0.5) is 0 Å². The third-order valence-corrected chi connectivity index (χ3v) is 3.53. The Balaban J connectivity index is 2.47. The van der Waals surface area contributed by atoms with Gasteiger partial charge in [-0.15, -0.1) is 0 Å². The molecule has 0 aliphatic heterocycles. The second-order valence-corrected chi connectivity index (χ2v) is 5.39. The van der Waals surface area contributed by atoms with E-state index in [0.717, 1.165) is 12.2 Å². The second-order valence-electron chi connectivity index (χ2n) is 5.39. The fourth-order valence-corrected chi connectivity index (χ4v) is 2.16. The first-order chi connectivity index (χ1) is 11.0. The highest BCUT2D eigenvalue weighted by molar-refractivity contribution is 5.99. The second kappa shape index (κ2) is 9.87. The third kappa shape index (κ3) is 5.93. The van der Waals surface area contributed by atoms with Crippen molar-refractivity contribution in [2.45, 2.75) is 40.0 Å². The van der Waals surface area contributed by atoms with E-state index in [1.54, 1.807) is 20.8 Å². The number of benzene rings is 1. The number of carbonyl (C=O) groups is 2. The molecule has 1 rings (SSSR count). The summed E-state index contributed by atoms with van der Waals surface area (Å²) in [7, 11) is 0. The molecule has 0 atom stereocenters. The Hall–Kier alpha value is -2.04. The number of esters is 2. The van der Waals surface area contributed by atoms with Crippen LogP contribution in [0.15, 0.2) is 30.3 Å². The summed E-state index contributed by atoms with van der Waals surface area (Å²) in [6.07, 6.45) is 1.78. The van der Waals surface area contributed by atoms with Crippen LogP contribution in [-0.2, 0) is 19.1 Å². The SMILES string of the molecule is CCOC(=O)C(C)(CCCCOc1ccccc1)C(=O)OCC. The molecule has 23 heavy (non-hydrogen) atoms. The lowest BCUT2D eigenvalue weighted by Gasteiger charge is -2.24. The zero-order valence-corrected chi connectivity index (χ0v) is 14.2. The molecule has 0 fully saturated rings. The Labute approximate surface area is 137 Å². The van der Waals surface area contributed by atoms with Crippen molar-refractivity contribution in [3.63, 3.8) is 0 Å². The fourth-order valence-electron chi connectivity index (χ4n) is 2.16. The summed E-state index contributed by atoms with van der Waals surface area (Å²) in [4.78, 5) is 24.2. The number of hydrogen-bond donors (Lipinski definition) is 0. The summed E-state index contributed by atoms with van der Waals surface area (Å²) in [6.45, 7) is 6.04. The Kier molecular flexibility index (Phi) is 8.16. The Morgan fingerprint density at radius 2 is 1.52 bits per heavy atom. The van der Waals surface area contributed by atoms with Crippen molar-refractivity contribution in [3.05, 3.63) is 30.3 Å². The smallest absolute Gasteiger partial charge is 0.323 e. The molecule has 0 radical (unpaired) electrons. The molecule has 0 saturated heterocycles. The molecule has 0 aliphatic carbocycles. The van der Waals surface area contributed by atoms with E-state index in [4.69, 9.17) is 14.2 Å². The van der Waals surface area contributed by atoms with Crippen molar-refractivity contribution in [3.8, 4) is 5.75 Å². The van der Waals surface area contributed by atoms with Crippen molar-refractivity contribution in [1.29, 1.82) is 0 Å². The van der Waals surface area contributed by atoms with E-state index in [-0.39, 0.29) is 13.2 Å². The number of rotatable bonds is 10. The lowest BCUT2D eigenvalue weighted by atomic mass is 9.85. The summed E-state index contributed by atoms with van der Waals surface area (Å²) in [5, 5.41) is 0. The highest BCUT2D eigenvalue weighted by atomic mass is 16.6. The lowest BCUT2D eigenvalue weighted by molar-refractivity contribution is -0.171. The molecule has 0 spiro atoms. The van der Waals surface area contributed by atoms with Crippen LogP contribution < -0.4 is 4.74 Å². The van der Waals surface area contributed by atoms with Gasteiger partial charge >= 0.3 is 11.9 Å². The molecule has 0 amide bonds. The van der Waals surface area contributed by atoms with Crippen LogP contribution in [0.3, 0.4) is 0 Å². The van der Waals surface area contributed by atoms with Crippen LogP contribution in [0.1, 0.15) is 40.0 Å². The Morgan fingerprint density at radius 3 is 2.04 bits per heavy atom. The van der Waals surface area contributed by atoms with Gasteiger partial charge in [-0.05, 0) is 52.2 Å². The molecule has 5 nitrogen and oxygen atoms in total. The molecule has 0 unspecified atom stereocenters. The van der Waals surface area contributed by atoms with E-state index >= 15 is 0 Å². The van der Waals surface area contributed by atoms with E-state index in [0.29, 0.717) is 19.4 Å². The van der Waals surface area contributed by atoms with Gasteiger partial charge in [-0.2, -0.15) is 0 Å². The minimum absolute atomic E-state index is 0.241. The van der Waals surface area contributed by atoms with E-state index < -0.39 is 17.4 Å². The molecule has 0 bridgehead atoms. The van der Waals surface area contributed by atoms with Gasteiger partial charge in [-0.25, -0.2) is 0 Å². The topological polar surface area (TPSA) is 61.8 Å². The van der Waals surface area contributed by atoms with Crippen LogP contribution in [0, 0.1) is 5.41 Å². The molecule has 0 saturated carbocycles. The van der Waals surface area contributed by atoms with E-state index in [1.807, 2.05) is 30.3 Å². The maximum atomic E-state index is 12.1. The molecular formula is C18H26O5. The van der Waals surface area contributed by atoms with Crippen LogP contribution in [0.2, 0.25) is 0 Å². The van der Waals surface area contributed by atoms with Crippen LogP contribution in [-0.4, -0.2) is 31.8 Å². The summed E-state index contributed by atoms with van der Waals surface area (Å²) in [5.74, 6) is -0.240. The van der Waals surface area contributed by atoms with Crippen LogP contribution in [0.25, 0.3) is 0 Å². The maximum absolute atomic E-state index is 12.1. The van der Waals surface area contributed by atoms with Crippen molar-refractivity contribution in [1.82, 2.24) is 0 Å². The van der Waals surface area contributed by atoms with E-state index in [1.165, 1.54) is 0 Å². The quantitative estimate of drug-likeness (QED) is 0.375. The maximum Gasteiger partial charge on any atom is 0.323 e. The number of para-hydroxylation sites is 1. The van der Waals surface area contributed by atoms with Gasteiger partial charge in [0, 0.05) is 0 Å². The van der Waals surface area contributed by atoms with Gasteiger partial charge in [0.25, 0.3) is 0 Å². The minimum Gasteiger partial charge on any atom is -0.494 e. The Bertz CT molecular complexity index is 465. The molecular weight excluding hydrogens is 296 g/mol. The minimum atomic E-state index is -1.25. The van der Waals surface area contributed by atoms with Crippen molar-refractivity contribution >= 4 is 11.9 Å². The standard InChI is InChI=1S/C18H26O5/c1-4-21-16(19)18(3,17(20)22-5-2)13-9-10-14-23-15-11-7-6-8-12-15/h6-8,11-12H,4-5,9-10,13-14H2,1-3H3. The molecule has 128 valence electrons. The summed E-state index contributed by atoms with van der Waals surface area (Å²) >= 11 is 0. The molecule has 0 N–H and O–H groups in total. The lowest BCUT2D eigenvalue weighted by Crippen LogP contribution is -2.39. The highest BCUT2D eigenvalue weighted by Gasteiger charge is 2.43.